The summed E-state index contributed by atoms with van der Waals surface area (Å²) in [6.45, 7) is 1.85. The molecule has 1 amide bonds. The molecule has 27 heavy (non-hydrogen) atoms. The quantitative estimate of drug-likeness (QED) is 0.694. The topological polar surface area (TPSA) is 85.5 Å². The largest absolute Gasteiger partial charge is 0.497 e. The molecule has 3 aromatic rings. The fraction of sp³-hybridized carbons (Fsp3) is 0.200. The lowest BCUT2D eigenvalue weighted by Crippen LogP contribution is -2.13. The fourth-order valence-electron chi connectivity index (χ4n) is 2.70. The molecular formula is C20H21N3O4. The van der Waals surface area contributed by atoms with Gasteiger partial charge in [0.1, 0.15) is 11.4 Å². The Morgan fingerprint density at radius 3 is 2.30 bits per heavy atom. The number of carbonyl (C=O) groups excluding carboxylic acids is 1. The van der Waals surface area contributed by atoms with E-state index in [0.717, 1.165) is 17.0 Å². The molecule has 0 atom stereocenters. The third kappa shape index (κ3) is 3.72. The molecule has 0 fully saturated rings. The second kappa shape index (κ2) is 7.82. The predicted octanol–water partition coefficient (Wildman–Crippen LogP) is 3.66. The number of amides is 1. The summed E-state index contributed by atoms with van der Waals surface area (Å²) in [6, 6.07) is 12.5. The van der Waals surface area contributed by atoms with E-state index in [-0.39, 0.29) is 5.91 Å². The van der Waals surface area contributed by atoms with Crippen molar-refractivity contribution in [3.05, 3.63) is 53.7 Å². The van der Waals surface area contributed by atoms with Crippen LogP contribution in [0.4, 0.5) is 5.69 Å². The van der Waals surface area contributed by atoms with Crippen LogP contribution in [-0.4, -0.2) is 37.4 Å². The number of carbonyl (C=O) groups is 1. The van der Waals surface area contributed by atoms with Crippen molar-refractivity contribution in [3.63, 3.8) is 0 Å². The van der Waals surface area contributed by atoms with Crippen LogP contribution in [0, 0.1) is 6.92 Å². The monoisotopic (exact) mass is 367 g/mol. The first-order valence-corrected chi connectivity index (χ1v) is 8.30. The number of aromatic amines is 1. The fourth-order valence-corrected chi connectivity index (χ4v) is 2.70. The lowest BCUT2D eigenvalue weighted by atomic mass is 10.1. The van der Waals surface area contributed by atoms with E-state index < -0.39 is 0 Å². The van der Waals surface area contributed by atoms with E-state index >= 15 is 0 Å². The molecule has 0 unspecified atom stereocenters. The van der Waals surface area contributed by atoms with Crippen LogP contribution < -0.4 is 19.5 Å². The predicted molar refractivity (Wildman–Crippen MR) is 103 cm³/mol. The molecule has 0 bridgehead atoms. The summed E-state index contributed by atoms with van der Waals surface area (Å²) < 4.78 is 15.7. The lowest BCUT2D eigenvalue weighted by Gasteiger charge is -2.11. The number of ether oxygens (including phenoxy) is 3. The number of methoxy groups -OCH3 is 3. The maximum absolute atomic E-state index is 12.7. The van der Waals surface area contributed by atoms with Gasteiger partial charge in [0, 0.05) is 11.1 Å². The van der Waals surface area contributed by atoms with Crippen molar-refractivity contribution >= 4 is 11.6 Å². The highest BCUT2D eigenvalue weighted by Gasteiger charge is 2.17. The van der Waals surface area contributed by atoms with Gasteiger partial charge < -0.3 is 19.5 Å². The third-order valence-corrected chi connectivity index (χ3v) is 4.19. The number of benzene rings is 2. The van der Waals surface area contributed by atoms with E-state index in [4.69, 9.17) is 14.2 Å². The molecule has 2 aromatic carbocycles. The van der Waals surface area contributed by atoms with E-state index in [9.17, 15) is 4.79 Å². The summed E-state index contributed by atoms with van der Waals surface area (Å²) in [4.78, 5) is 12.7. The molecule has 7 nitrogen and oxygen atoms in total. The highest BCUT2D eigenvalue weighted by atomic mass is 16.5. The Hall–Kier alpha value is -3.48. The average molecular weight is 367 g/mol. The molecule has 0 radical (unpaired) electrons. The minimum absolute atomic E-state index is 0.268. The number of aryl methyl sites for hydroxylation is 1. The minimum Gasteiger partial charge on any atom is -0.497 e. The molecule has 0 aliphatic heterocycles. The summed E-state index contributed by atoms with van der Waals surface area (Å²) in [5, 5.41) is 10.2. The molecule has 2 N–H and O–H groups in total. The molecule has 0 spiro atoms. The van der Waals surface area contributed by atoms with Crippen molar-refractivity contribution in [3.8, 4) is 28.5 Å². The smallest absolute Gasteiger partial charge is 0.255 e. The van der Waals surface area contributed by atoms with E-state index in [2.05, 4.69) is 15.5 Å². The van der Waals surface area contributed by atoms with E-state index in [0.29, 0.717) is 28.4 Å². The zero-order chi connectivity index (χ0) is 19.4. The Labute approximate surface area is 157 Å². The Bertz CT molecular complexity index is 948. The van der Waals surface area contributed by atoms with Crippen LogP contribution >= 0.6 is 0 Å². The van der Waals surface area contributed by atoms with Crippen molar-refractivity contribution in [2.45, 2.75) is 6.92 Å². The molecule has 1 aromatic heterocycles. The first kappa shape index (κ1) is 18.3. The molecule has 0 saturated heterocycles. The standard InChI is InChI=1S/C20H21N3O4/c1-12-18(19(23-22-12)13-5-8-15(25-2)9-6-13)21-20(24)14-7-10-16(26-3)17(11-14)27-4/h5-11H,1-4H3,(H,21,24)(H,22,23). The number of rotatable bonds is 6. The summed E-state index contributed by atoms with van der Waals surface area (Å²) in [5.41, 5.74) is 3.36. The zero-order valence-corrected chi connectivity index (χ0v) is 15.6. The van der Waals surface area contributed by atoms with Crippen LogP contribution in [0.25, 0.3) is 11.3 Å². The second-order valence-corrected chi connectivity index (χ2v) is 5.82. The molecule has 0 saturated carbocycles. The van der Waals surface area contributed by atoms with Crippen LogP contribution in [-0.2, 0) is 0 Å². The van der Waals surface area contributed by atoms with Crippen LogP contribution in [0.2, 0.25) is 0 Å². The zero-order valence-electron chi connectivity index (χ0n) is 15.6. The van der Waals surface area contributed by atoms with Gasteiger partial charge in [-0.3, -0.25) is 9.89 Å². The van der Waals surface area contributed by atoms with Crippen molar-refractivity contribution in [1.29, 1.82) is 0 Å². The van der Waals surface area contributed by atoms with Gasteiger partial charge in [0.05, 0.1) is 32.7 Å². The SMILES string of the molecule is COc1ccc(-c2n[nH]c(C)c2NC(=O)c2ccc(OC)c(OC)c2)cc1. The third-order valence-electron chi connectivity index (χ3n) is 4.19. The van der Waals surface area contributed by atoms with E-state index in [1.807, 2.05) is 31.2 Å². The summed E-state index contributed by atoms with van der Waals surface area (Å²) in [6.07, 6.45) is 0. The van der Waals surface area contributed by atoms with Crippen LogP contribution in [0.15, 0.2) is 42.5 Å². The highest BCUT2D eigenvalue weighted by Crippen LogP contribution is 2.31. The molecule has 140 valence electrons. The molecule has 0 aliphatic rings. The molecule has 1 heterocycles. The highest BCUT2D eigenvalue weighted by molar-refractivity contribution is 6.06. The lowest BCUT2D eigenvalue weighted by molar-refractivity contribution is 0.102. The van der Waals surface area contributed by atoms with Gasteiger partial charge in [-0.15, -0.1) is 0 Å². The first-order valence-electron chi connectivity index (χ1n) is 8.30. The maximum atomic E-state index is 12.7. The van der Waals surface area contributed by atoms with E-state index in [1.54, 1.807) is 32.4 Å². The number of hydrogen-bond donors (Lipinski definition) is 2. The van der Waals surface area contributed by atoms with Gasteiger partial charge in [0.25, 0.3) is 5.91 Å². The number of nitrogens with zero attached hydrogens (tertiary/aromatic N) is 1. The van der Waals surface area contributed by atoms with Crippen LogP contribution in [0.5, 0.6) is 17.2 Å². The molecular weight excluding hydrogens is 346 g/mol. The Morgan fingerprint density at radius 2 is 1.67 bits per heavy atom. The molecule has 3 rings (SSSR count). The maximum Gasteiger partial charge on any atom is 0.255 e. The van der Waals surface area contributed by atoms with Gasteiger partial charge in [-0.05, 0) is 49.4 Å². The van der Waals surface area contributed by atoms with Crippen LogP contribution in [0.3, 0.4) is 0 Å². The number of anilines is 1. The Balaban J connectivity index is 1.89. The van der Waals surface area contributed by atoms with Gasteiger partial charge >= 0.3 is 0 Å². The minimum atomic E-state index is -0.268. The van der Waals surface area contributed by atoms with Gasteiger partial charge in [0.15, 0.2) is 11.5 Å². The summed E-state index contributed by atoms with van der Waals surface area (Å²) in [5.74, 6) is 1.54. The van der Waals surface area contributed by atoms with Crippen molar-refractivity contribution in [2.24, 2.45) is 0 Å². The van der Waals surface area contributed by atoms with Crippen LogP contribution in [0.1, 0.15) is 16.1 Å². The van der Waals surface area contributed by atoms with Gasteiger partial charge in [0.2, 0.25) is 0 Å². The Morgan fingerprint density at radius 1 is 0.963 bits per heavy atom. The number of aromatic nitrogens is 2. The van der Waals surface area contributed by atoms with Crippen molar-refractivity contribution in [1.82, 2.24) is 10.2 Å². The van der Waals surface area contributed by atoms with Gasteiger partial charge in [-0.2, -0.15) is 5.10 Å². The second-order valence-electron chi connectivity index (χ2n) is 5.82. The normalized spacial score (nSPS) is 10.4. The van der Waals surface area contributed by atoms with Crippen molar-refractivity contribution < 1.29 is 19.0 Å². The Kier molecular flexibility index (Phi) is 5.30. The van der Waals surface area contributed by atoms with E-state index in [1.165, 1.54) is 7.11 Å². The van der Waals surface area contributed by atoms with Gasteiger partial charge in [-0.25, -0.2) is 0 Å². The van der Waals surface area contributed by atoms with Crippen molar-refractivity contribution in [2.75, 3.05) is 26.6 Å². The average Bonchev–Trinajstić information content (AvgIpc) is 3.07. The number of nitrogens with one attached hydrogen (secondary N) is 2. The summed E-state index contributed by atoms with van der Waals surface area (Å²) in [7, 11) is 4.69. The number of hydrogen-bond acceptors (Lipinski definition) is 5. The molecule has 0 aliphatic carbocycles. The first-order chi connectivity index (χ1) is 13.1. The van der Waals surface area contributed by atoms with Gasteiger partial charge in [-0.1, -0.05) is 0 Å². The number of H-pyrrole nitrogens is 1. The molecule has 7 heteroatoms. The summed E-state index contributed by atoms with van der Waals surface area (Å²) >= 11 is 0.